The van der Waals surface area contributed by atoms with Crippen LogP contribution in [0.5, 0.6) is 0 Å². The molecule has 40 heavy (non-hydrogen) atoms. The Bertz CT molecular complexity index is 1440. The summed E-state index contributed by atoms with van der Waals surface area (Å²) in [6, 6.07) is 17.4. The SMILES string of the molecule is CCC(C)NC(=O)C(C)N(Cc1ccc(C)cc1)C(=O)CN(c1cc(Cl)ccc1Cl)S(=O)(=O)c1ccc(C)cc1. The molecule has 0 saturated heterocycles. The summed E-state index contributed by atoms with van der Waals surface area (Å²) in [7, 11) is -4.24. The number of carbonyl (C=O) groups is 2. The van der Waals surface area contributed by atoms with E-state index in [0.717, 1.165) is 27.4 Å². The molecular weight excluding hydrogens is 569 g/mol. The van der Waals surface area contributed by atoms with Crippen molar-refractivity contribution in [3.63, 3.8) is 0 Å². The average Bonchev–Trinajstić information content (AvgIpc) is 2.92. The van der Waals surface area contributed by atoms with Crippen molar-refractivity contribution < 1.29 is 18.0 Å². The number of anilines is 1. The summed E-state index contributed by atoms with van der Waals surface area (Å²) in [5, 5.41) is 3.29. The minimum Gasteiger partial charge on any atom is -0.352 e. The van der Waals surface area contributed by atoms with E-state index in [9.17, 15) is 18.0 Å². The molecule has 214 valence electrons. The van der Waals surface area contributed by atoms with Crippen LogP contribution in [0.3, 0.4) is 0 Å². The van der Waals surface area contributed by atoms with Gasteiger partial charge in [-0.2, -0.15) is 0 Å². The van der Waals surface area contributed by atoms with Crippen molar-refractivity contribution in [2.75, 3.05) is 10.8 Å². The summed E-state index contributed by atoms with van der Waals surface area (Å²) in [6.45, 7) is 8.78. The normalized spacial score (nSPS) is 12.9. The lowest BCUT2D eigenvalue weighted by molar-refractivity contribution is -0.139. The van der Waals surface area contributed by atoms with Gasteiger partial charge in [-0.05, 0) is 70.0 Å². The Kier molecular flexibility index (Phi) is 10.6. The van der Waals surface area contributed by atoms with Crippen molar-refractivity contribution in [3.8, 4) is 0 Å². The number of sulfonamides is 1. The van der Waals surface area contributed by atoms with E-state index in [1.807, 2.05) is 52.0 Å². The number of hydrogen-bond acceptors (Lipinski definition) is 4. The minimum atomic E-state index is -4.24. The number of nitrogens with one attached hydrogen (secondary N) is 1. The minimum absolute atomic E-state index is 0.00501. The Labute approximate surface area is 247 Å². The zero-order valence-corrected chi connectivity index (χ0v) is 25.6. The van der Waals surface area contributed by atoms with E-state index in [1.165, 1.54) is 35.2 Å². The van der Waals surface area contributed by atoms with Gasteiger partial charge in [0, 0.05) is 17.6 Å². The van der Waals surface area contributed by atoms with Crippen molar-refractivity contribution in [2.45, 2.75) is 64.6 Å². The van der Waals surface area contributed by atoms with Gasteiger partial charge in [0.1, 0.15) is 12.6 Å². The molecule has 2 unspecified atom stereocenters. The summed E-state index contributed by atoms with van der Waals surface area (Å²) in [4.78, 5) is 28.5. The third-order valence-corrected chi connectivity index (χ3v) is 9.04. The molecule has 0 spiro atoms. The van der Waals surface area contributed by atoms with E-state index < -0.39 is 28.5 Å². The van der Waals surface area contributed by atoms with Crippen molar-refractivity contribution in [1.82, 2.24) is 10.2 Å². The highest BCUT2D eigenvalue weighted by atomic mass is 35.5. The predicted octanol–water partition coefficient (Wildman–Crippen LogP) is 6.14. The first-order valence-electron chi connectivity index (χ1n) is 13.0. The molecule has 0 aliphatic heterocycles. The van der Waals surface area contributed by atoms with E-state index in [4.69, 9.17) is 23.2 Å². The van der Waals surface area contributed by atoms with Gasteiger partial charge in [0.05, 0.1) is 15.6 Å². The van der Waals surface area contributed by atoms with Crippen LogP contribution in [-0.2, 0) is 26.2 Å². The van der Waals surface area contributed by atoms with Gasteiger partial charge in [-0.1, -0.05) is 77.7 Å². The molecule has 7 nitrogen and oxygen atoms in total. The number of benzene rings is 3. The monoisotopic (exact) mass is 603 g/mol. The summed E-state index contributed by atoms with van der Waals surface area (Å²) >= 11 is 12.7. The number of rotatable bonds is 11. The molecule has 0 aromatic heterocycles. The van der Waals surface area contributed by atoms with Crippen LogP contribution >= 0.6 is 23.2 Å². The maximum absolute atomic E-state index is 14.0. The number of aryl methyl sites for hydroxylation is 2. The second-order valence-electron chi connectivity index (χ2n) is 9.92. The van der Waals surface area contributed by atoms with Crippen molar-refractivity contribution >= 4 is 50.7 Å². The van der Waals surface area contributed by atoms with Crippen molar-refractivity contribution in [3.05, 3.63) is 93.5 Å². The van der Waals surface area contributed by atoms with Crippen LogP contribution in [0.15, 0.2) is 71.6 Å². The molecule has 0 saturated carbocycles. The van der Waals surface area contributed by atoms with Crippen LogP contribution in [0.2, 0.25) is 10.0 Å². The lowest BCUT2D eigenvalue weighted by Crippen LogP contribution is -2.52. The molecular formula is C30H35Cl2N3O4S. The standard InChI is InChI=1S/C30H35Cl2N3O4S/c1-6-22(4)33-30(37)23(5)34(18-24-11-7-20(2)8-12-24)29(36)19-35(28-17-25(31)13-16-27(28)32)40(38,39)26-14-9-21(3)10-15-26/h7-17,22-23H,6,18-19H2,1-5H3,(H,33,37). The Hall–Kier alpha value is -3.07. The van der Waals surface area contributed by atoms with Crippen LogP contribution in [0, 0.1) is 13.8 Å². The van der Waals surface area contributed by atoms with Crippen LogP contribution in [0.1, 0.15) is 43.9 Å². The van der Waals surface area contributed by atoms with E-state index in [2.05, 4.69) is 5.32 Å². The molecule has 0 aliphatic carbocycles. The quantitative estimate of drug-likeness (QED) is 0.285. The average molecular weight is 605 g/mol. The first kappa shape index (κ1) is 31.5. The molecule has 0 fully saturated rings. The van der Waals surface area contributed by atoms with Gasteiger partial charge >= 0.3 is 0 Å². The van der Waals surface area contributed by atoms with Gasteiger partial charge in [0.25, 0.3) is 10.0 Å². The Balaban J connectivity index is 2.06. The lowest BCUT2D eigenvalue weighted by atomic mass is 10.1. The maximum Gasteiger partial charge on any atom is 0.264 e. The fraction of sp³-hybridized carbons (Fsp3) is 0.333. The molecule has 3 aromatic carbocycles. The van der Waals surface area contributed by atoms with Gasteiger partial charge in [0.2, 0.25) is 11.8 Å². The highest BCUT2D eigenvalue weighted by molar-refractivity contribution is 7.92. The first-order chi connectivity index (χ1) is 18.8. The Morgan fingerprint density at radius 3 is 2.05 bits per heavy atom. The largest absolute Gasteiger partial charge is 0.352 e. The van der Waals surface area contributed by atoms with Crippen molar-refractivity contribution in [1.29, 1.82) is 0 Å². The highest BCUT2D eigenvalue weighted by Gasteiger charge is 2.33. The van der Waals surface area contributed by atoms with Gasteiger partial charge in [-0.25, -0.2) is 8.42 Å². The number of halogens is 2. The van der Waals surface area contributed by atoms with Crippen molar-refractivity contribution in [2.24, 2.45) is 0 Å². The van der Waals surface area contributed by atoms with Crippen LogP contribution in [-0.4, -0.2) is 43.8 Å². The summed E-state index contributed by atoms with van der Waals surface area (Å²) in [6.07, 6.45) is 0.722. The second kappa shape index (κ2) is 13.5. The van der Waals surface area contributed by atoms with Gasteiger partial charge < -0.3 is 10.2 Å². The van der Waals surface area contributed by atoms with E-state index in [0.29, 0.717) is 0 Å². The topological polar surface area (TPSA) is 86.8 Å². The fourth-order valence-corrected chi connectivity index (χ4v) is 5.83. The summed E-state index contributed by atoms with van der Waals surface area (Å²) < 4.78 is 28.8. The smallest absolute Gasteiger partial charge is 0.264 e. The molecule has 2 atom stereocenters. The lowest BCUT2D eigenvalue weighted by Gasteiger charge is -2.32. The third kappa shape index (κ3) is 7.77. The first-order valence-corrected chi connectivity index (χ1v) is 15.2. The molecule has 3 aromatic rings. The molecule has 3 rings (SSSR count). The molecule has 0 aliphatic rings. The van der Waals surface area contributed by atoms with E-state index in [-0.39, 0.29) is 39.1 Å². The molecule has 10 heteroatoms. The van der Waals surface area contributed by atoms with E-state index in [1.54, 1.807) is 19.1 Å². The van der Waals surface area contributed by atoms with Gasteiger partial charge in [0.15, 0.2) is 0 Å². The molecule has 1 N–H and O–H groups in total. The Morgan fingerprint density at radius 2 is 1.48 bits per heavy atom. The van der Waals surface area contributed by atoms with Gasteiger partial charge in [-0.3, -0.25) is 13.9 Å². The molecule has 0 heterocycles. The number of nitrogens with zero attached hydrogens (tertiary/aromatic N) is 2. The summed E-state index contributed by atoms with van der Waals surface area (Å²) in [5.41, 5.74) is 2.80. The number of amides is 2. The van der Waals surface area contributed by atoms with Crippen LogP contribution < -0.4 is 9.62 Å². The Morgan fingerprint density at radius 1 is 0.900 bits per heavy atom. The zero-order valence-electron chi connectivity index (χ0n) is 23.3. The van der Waals surface area contributed by atoms with Gasteiger partial charge in [-0.15, -0.1) is 0 Å². The fourth-order valence-electron chi connectivity index (χ4n) is 3.97. The second-order valence-corrected chi connectivity index (χ2v) is 12.6. The number of hydrogen-bond donors (Lipinski definition) is 1. The molecule has 2 amide bonds. The van der Waals surface area contributed by atoms with E-state index >= 15 is 0 Å². The number of carbonyl (C=O) groups excluding carboxylic acids is 2. The molecule has 0 bridgehead atoms. The zero-order chi connectivity index (χ0) is 29.6. The van der Waals surface area contributed by atoms with Crippen LogP contribution in [0.4, 0.5) is 5.69 Å². The molecule has 0 radical (unpaired) electrons. The predicted molar refractivity (Wildman–Crippen MR) is 161 cm³/mol. The van der Waals surface area contributed by atoms with Crippen LogP contribution in [0.25, 0.3) is 0 Å². The summed E-state index contributed by atoms with van der Waals surface area (Å²) in [5.74, 6) is -0.900. The third-order valence-electron chi connectivity index (χ3n) is 6.71. The highest BCUT2D eigenvalue weighted by Crippen LogP contribution is 2.33. The maximum atomic E-state index is 14.0.